The molecule has 0 heterocycles. The van der Waals surface area contributed by atoms with E-state index in [0.29, 0.717) is 53.5 Å². The zero-order valence-electron chi connectivity index (χ0n) is 13.5. The standard InChI is InChI=1S/C19H28O2/c1-18-7-3-4-14(18)17-15(6-8-18)19(2)9-5-13(20)10-12(19)11-16(17)21/h12,14-15,17H,3-11H2,1-2H3/t12?,14-,15-,17-,18-,19-/m0/s1. The van der Waals surface area contributed by atoms with Gasteiger partial charge in [0.05, 0.1) is 0 Å². The summed E-state index contributed by atoms with van der Waals surface area (Å²) >= 11 is 0. The van der Waals surface area contributed by atoms with Crippen molar-refractivity contribution < 1.29 is 9.59 Å². The van der Waals surface area contributed by atoms with Crippen LogP contribution in [0.2, 0.25) is 0 Å². The molecule has 0 aliphatic heterocycles. The fourth-order valence-corrected chi connectivity index (χ4v) is 6.71. The lowest BCUT2D eigenvalue weighted by atomic mass is 9.45. The lowest BCUT2D eigenvalue weighted by Crippen LogP contribution is -2.56. The van der Waals surface area contributed by atoms with Gasteiger partial charge < -0.3 is 0 Å². The summed E-state index contributed by atoms with van der Waals surface area (Å²) in [4.78, 5) is 24.8. The molecule has 6 atom stereocenters. The Morgan fingerprint density at radius 3 is 2.57 bits per heavy atom. The van der Waals surface area contributed by atoms with Crippen molar-refractivity contribution in [2.75, 3.05) is 0 Å². The molecule has 0 radical (unpaired) electrons. The molecule has 2 heteroatoms. The first-order valence-electron chi connectivity index (χ1n) is 8.98. The van der Waals surface area contributed by atoms with Gasteiger partial charge in [-0.1, -0.05) is 20.3 Å². The molecule has 0 spiro atoms. The third-order valence-corrected chi connectivity index (χ3v) is 8.07. The SMILES string of the molecule is C[C@@]12CCC[C@H]1[C@@H]1C(=O)CC3CC(=O)CC[C@]3(C)[C@H]1CC2. The lowest BCUT2D eigenvalue weighted by Gasteiger charge is -2.58. The summed E-state index contributed by atoms with van der Waals surface area (Å²) in [5.74, 6) is 2.77. The normalized spacial score (nSPS) is 53.0. The predicted molar refractivity (Wildman–Crippen MR) is 81.7 cm³/mol. The summed E-state index contributed by atoms with van der Waals surface area (Å²) in [6, 6.07) is 0. The number of ketones is 2. The molecule has 0 aromatic rings. The minimum atomic E-state index is 0.260. The topological polar surface area (TPSA) is 34.1 Å². The number of carbonyl (C=O) groups is 2. The van der Waals surface area contributed by atoms with Crippen molar-refractivity contribution in [2.45, 2.75) is 71.6 Å². The summed E-state index contributed by atoms with van der Waals surface area (Å²) in [6.45, 7) is 4.85. The zero-order valence-corrected chi connectivity index (χ0v) is 13.5. The maximum absolute atomic E-state index is 12.9. The van der Waals surface area contributed by atoms with Gasteiger partial charge in [-0.25, -0.2) is 0 Å². The van der Waals surface area contributed by atoms with Crippen LogP contribution >= 0.6 is 0 Å². The molecule has 0 bridgehead atoms. The van der Waals surface area contributed by atoms with E-state index in [-0.39, 0.29) is 5.41 Å². The van der Waals surface area contributed by atoms with Crippen LogP contribution in [-0.2, 0) is 9.59 Å². The fourth-order valence-electron chi connectivity index (χ4n) is 6.71. The highest BCUT2D eigenvalue weighted by molar-refractivity contribution is 5.86. The van der Waals surface area contributed by atoms with E-state index < -0.39 is 0 Å². The van der Waals surface area contributed by atoms with E-state index in [1.165, 1.54) is 32.1 Å². The molecule has 0 aromatic heterocycles. The molecule has 2 nitrogen and oxygen atoms in total. The highest BCUT2D eigenvalue weighted by Crippen LogP contribution is 2.64. The Morgan fingerprint density at radius 1 is 0.952 bits per heavy atom. The van der Waals surface area contributed by atoms with E-state index in [2.05, 4.69) is 13.8 Å². The van der Waals surface area contributed by atoms with E-state index in [0.717, 1.165) is 12.8 Å². The van der Waals surface area contributed by atoms with Crippen molar-refractivity contribution >= 4 is 11.6 Å². The van der Waals surface area contributed by atoms with E-state index in [1.807, 2.05) is 0 Å². The minimum absolute atomic E-state index is 0.260. The number of carbonyl (C=O) groups excluding carboxylic acids is 2. The van der Waals surface area contributed by atoms with Gasteiger partial charge >= 0.3 is 0 Å². The molecule has 4 rings (SSSR count). The van der Waals surface area contributed by atoms with Gasteiger partial charge in [0, 0.05) is 25.2 Å². The van der Waals surface area contributed by atoms with Gasteiger partial charge in [-0.2, -0.15) is 0 Å². The molecule has 4 aliphatic rings. The van der Waals surface area contributed by atoms with Gasteiger partial charge in [0.1, 0.15) is 11.6 Å². The zero-order chi connectivity index (χ0) is 14.8. The van der Waals surface area contributed by atoms with Gasteiger partial charge in [0.15, 0.2) is 0 Å². The minimum Gasteiger partial charge on any atom is -0.300 e. The van der Waals surface area contributed by atoms with Crippen molar-refractivity contribution in [1.82, 2.24) is 0 Å². The Morgan fingerprint density at radius 2 is 1.76 bits per heavy atom. The summed E-state index contributed by atoms with van der Waals surface area (Å²) in [6.07, 6.45) is 9.60. The lowest BCUT2D eigenvalue weighted by molar-refractivity contribution is -0.156. The highest BCUT2D eigenvalue weighted by atomic mass is 16.1. The molecular weight excluding hydrogens is 260 g/mol. The largest absolute Gasteiger partial charge is 0.300 e. The summed E-state index contributed by atoms with van der Waals surface area (Å²) in [5.41, 5.74) is 0.695. The van der Waals surface area contributed by atoms with Gasteiger partial charge in [0.25, 0.3) is 0 Å². The molecule has 0 N–H and O–H groups in total. The Kier molecular flexibility index (Phi) is 2.94. The maximum atomic E-state index is 12.9. The third kappa shape index (κ3) is 1.83. The summed E-state index contributed by atoms with van der Waals surface area (Å²) < 4.78 is 0. The van der Waals surface area contributed by atoms with E-state index in [9.17, 15) is 9.59 Å². The van der Waals surface area contributed by atoms with Gasteiger partial charge in [-0.05, 0) is 60.7 Å². The number of Topliss-reactive ketones (excluding diaryl/α,β-unsaturated/α-hetero) is 2. The molecule has 1 unspecified atom stereocenters. The molecule has 116 valence electrons. The van der Waals surface area contributed by atoms with Crippen molar-refractivity contribution in [1.29, 1.82) is 0 Å². The van der Waals surface area contributed by atoms with Crippen LogP contribution in [0.3, 0.4) is 0 Å². The van der Waals surface area contributed by atoms with E-state index in [1.54, 1.807) is 0 Å². The molecule has 4 fully saturated rings. The van der Waals surface area contributed by atoms with Crippen LogP contribution in [0, 0.1) is 34.5 Å². The third-order valence-electron chi connectivity index (χ3n) is 8.07. The molecule has 0 amide bonds. The Bertz CT molecular complexity index is 496. The molecule has 4 saturated carbocycles. The van der Waals surface area contributed by atoms with Crippen LogP contribution in [0.4, 0.5) is 0 Å². The molecule has 0 aromatic carbocycles. The van der Waals surface area contributed by atoms with Crippen LogP contribution in [0.1, 0.15) is 71.6 Å². The van der Waals surface area contributed by atoms with Crippen molar-refractivity contribution in [3.05, 3.63) is 0 Å². The first-order chi connectivity index (χ1) is 9.94. The Hall–Kier alpha value is -0.660. The number of hydrogen-bond donors (Lipinski definition) is 0. The number of fused-ring (bicyclic) bond motifs is 5. The number of hydrogen-bond acceptors (Lipinski definition) is 2. The van der Waals surface area contributed by atoms with Gasteiger partial charge in [0.2, 0.25) is 0 Å². The average Bonchev–Trinajstić information content (AvgIpc) is 2.82. The van der Waals surface area contributed by atoms with Crippen LogP contribution in [0.5, 0.6) is 0 Å². The van der Waals surface area contributed by atoms with Crippen LogP contribution in [0.15, 0.2) is 0 Å². The van der Waals surface area contributed by atoms with Crippen molar-refractivity contribution in [3.63, 3.8) is 0 Å². The number of rotatable bonds is 0. The van der Waals surface area contributed by atoms with Crippen LogP contribution < -0.4 is 0 Å². The monoisotopic (exact) mass is 288 g/mol. The van der Waals surface area contributed by atoms with E-state index >= 15 is 0 Å². The second kappa shape index (κ2) is 4.43. The van der Waals surface area contributed by atoms with Crippen molar-refractivity contribution in [2.24, 2.45) is 34.5 Å². The predicted octanol–water partition coefficient (Wildman–Crippen LogP) is 4.17. The first-order valence-corrected chi connectivity index (χ1v) is 8.98. The van der Waals surface area contributed by atoms with Gasteiger partial charge in [-0.3, -0.25) is 9.59 Å². The van der Waals surface area contributed by atoms with Crippen molar-refractivity contribution in [3.8, 4) is 0 Å². The highest BCUT2D eigenvalue weighted by Gasteiger charge is 2.60. The van der Waals surface area contributed by atoms with Crippen LogP contribution in [0.25, 0.3) is 0 Å². The fraction of sp³-hybridized carbons (Fsp3) is 0.895. The van der Waals surface area contributed by atoms with Gasteiger partial charge in [-0.15, -0.1) is 0 Å². The first kappa shape index (κ1) is 14.0. The second-order valence-corrected chi connectivity index (χ2v) is 8.94. The molecule has 21 heavy (non-hydrogen) atoms. The van der Waals surface area contributed by atoms with E-state index in [4.69, 9.17) is 0 Å². The molecular formula is C19H28O2. The maximum Gasteiger partial charge on any atom is 0.136 e. The summed E-state index contributed by atoms with van der Waals surface area (Å²) in [5, 5.41) is 0. The molecule has 0 saturated heterocycles. The van der Waals surface area contributed by atoms with Crippen LogP contribution in [-0.4, -0.2) is 11.6 Å². The summed E-state index contributed by atoms with van der Waals surface area (Å²) in [7, 11) is 0. The smallest absolute Gasteiger partial charge is 0.136 e. The molecule has 4 aliphatic carbocycles. The quantitative estimate of drug-likeness (QED) is 0.670. The average molecular weight is 288 g/mol. The second-order valence-electron chi connectivity index (χ2n) is 8.94. The Balaban J connectivity index is 1.70. The Labute approximate surface area is 128 Å².